The maximum absolute atomic E-state index is 12.6. The van der Waals surface area contributed by atoms with Crippen LogP contribution in [0.5, 0.6) is 0 Å². The van der Waals surface area contributed by atoms with E-state index in [0.717, 1.165) is 51.6 Å². The van der Waals surface area contributed by atoms with E-state index in [-0.39, 0.29) is 0 Å². The number of carbonyl (C=O) groups excluding carboxylic acids is 1. The predicted molar refractivity (Wildman–Crippen MR) is 110 cm³/mol. The molecule has 4 nitrogen and oxygen atoms in total. The average Bonchev–Trinajstić information content (AvgIpc) is 3.25. The summed E-state index contributed by atoms with van der Waals surface area (Å²) in [5.74, 6) is 0.737. The molecule has 3 heterocycles. The van der Waals surface area contributed by atoms with Gasteiger partial charge in [0.25, 0.3) is 0 Å². The molecule has 1 amide bonds. The zero-order valence-electron chi connectivity index (χ0n) is 16.9. The number of hydrogen-bond donors (Lipinski definition) is 0. The molecule has 0 atom stereocenters. The smallest absolute Gasteiger partial charge is 0.225 e. The third-order valence-corrected chi connectivity index (χ3v) is 7.03. The molecule has 148 valence electrons. The van der Waals surface area contributed by atoms with E-state index < -0.39 is 0 Å². The molecule has 0 bridgehead atoms. The summed E-state index contributed by atoms with van der Waals surface area (Å²) in [5, 5.41) is 0. The second kappa shape index (κ2) is 8.74. The Labute approximate surface area is 164 Å². The molecule has 3 fully saturated rings. The van der Waals surface area contributed by atoms with Gasteiger partial charge in [0, 0.05) is 31.6 Å². The molecule has 0 aliphatic carbocycles. The second-order valence-electron chi connectivity index (χ2n) is 8.78. The molecule has 27 heavy (non-hydrogen) atoms. The maximum Gasteiger partial charge on any atom is 0.225 e. The number of rotatable bonds is 4. The van der Waals surface area contributed by atoms with Gasteiger partial charge in [-0.15, -0.1) is 0 Å². The average molecular weight is 370 g/mol. The van der Waals surface area contributed by atoms with Gasteiger partial charge in [0.05, 0.1) is 0 Å². The number of likely N-dealkylation sites (tertiary alicyclic amines) is 3. The lowest BCUT2D eigenvalue weighted by atomic mass is 9.92. The number of nitrogens with zero attached hydrogens (tertiary/aromatic N) is 3. The zero-order chi connectivity index (χ0) is 18.6. The van der Waals surface area contributed by atoms with Crippen LogP contribution in [0.25, 0.3) is 0 Å². The minimum atomic E-state index is 0.292. The summed E-state index contributed by atoms with van der Waals surface area (Å²) in [7, 11) is 0. The summed E-state index contributed by atoms with van der Waals surface area (Å²) in [4.78, 5) is 20.0. The molecule has 1 aromatic rings. The van der Waals surface area contributed by atoms with Crippen LogP contribution < -0.4 is 0 Å². The number of amides is 1. The van der Waals surface area contributed by atoms with Crippen molar-refractivity contribution in [1.29, 1.82) is 0 Å². The third kappa shape index (κ3) is 4.55. The lowest BCUT2D eigenvalue weighted by molar-refractivity contribution is -0.136. The molecule has 0 radical (unpaired) electrons. The van der Waals surface area contributed by atoms with E-state index in [1.807, 2.05) is 0 Å². The van der Waals surface area contributed by atoms with Crippen LogP contribution in [0.15, 0.2) is 24.3 Å². The van der Waals surface area contributed by atoms with Gasteiger partial charge in [0.1, 0.15) is 0 Å². The number of carbonyl (C=O) groups is 1. The standard InChI is InChI=1S/C23H35N3O/c1-19-6-2-3-7-21(19)18-24-14-10-22(11-15-24)25-16-8-20(9-17-25)23(27)26-12-4-5-13-26/h2-3,6-7,20,22H,4-5,8-18H2,1H3. The van der Waals surface area contributed by atoms with Crippen molar-refractivity contribution in [2.45, 2.75) is 58.0 Å². The molecule has 4 rings (SSSR count). The van der Waals surface area contributed by atoms with Crippen molar-refractivity contribution in [3.63, 3.8) is 0 Å². The van der Waals surface area contributed by atoms with Crippen molar-refractivity contribution < 1.29 is 4.79 Å². The van der Waals surface area contributed by atoms with Gasteiger partial charge in [-0.25, -0.2) is 0 Å². The van der Waals surface area contributed by atoms with Crippen LogP contribution >= 0.6 is 0 Å². The van der Waals surface area contributed by atoms with Crippen LogP contribution in [0.3, 0.4) is 0 Å². The second-order valence-corrected chi connectivity index (χ2v) is 8.78. The molecule has 3 aliphatic heterocycles. The number of aryl methyl sites for hydroxylation is 1. The largest absolute Gasteiger partial charge is 0.342 e. The Hall–Kier alpha value is -1.39. The fraction of sp³-hybridized carbons (Fsp3) is 0.696. The van der Waals surface area contributed by atoms with E-state index >= 15 is 0 Å². The summed E-state index contributed by atoms with van der Waals surface area (Å²) in [5.41, 5.74) is 2.88. The molecule has 0 unspecified atom stereocenters. The van der Waals surface area contributed by atoms with Gasteiger partial charge in [0.15, 0.2) is 0 Å². The van der Waals surface area contributed by atoms with Gasteiger partial charge in [-0.3, -0.25) is 9.69 Å². The normalized spacial score (nSPS) is 23.8. The van der Waals surface area contributed by atoms with Gasteiger partial charge < -0.3 is 9.80 Å². The Balaban J connectivity index is 1.21. The van der Waals surface area contributed by atoms with Crippen molar-refractivity contribution in [2.24, 2.45) is 5.92 Å². The molecular weight excluding hydrogens is 334 g/mol. The number of hydrogen-bond acceptors (Lipinski definition) is 3. The van der Waals surface area contributed by atoms with E-state index in [1.165, 1.54) is 49.9 Å². The molecular formula is C23H35N3O. The summed E-state index contributed by atoms with van der Waals surface area (Å²) >= 11 is 0. The first-order chi connectivity index (χ1) is 13.2. The molecule has 1 aromatic carbocycles. The first kappa shape index (κ1) is 18.9. The van der Waals surface area contributed by atoms with Gasteiger partial charge in [-0.1, -0.05) is 24.3 Å². The van der Waals surface area contributed by atoms with Gasteiger partial charge >= 0.3 is 0 Å². The molecule has 3 saturated heterocycles. The fourth-order valence-electron chi connectivity index (χ4n) is 5.18. The Bertz CT molecular complexity index is 624. The van der Waals surface area contributed by atoms with Crippen LogP contribution in [0.4, 0.5) is 0 Å². The lowest BCUT2D eigenvalue weighted by Crippen LogP contribution is -2.49. The van der Waals surface area contributed by atoms with Crippen LogP contribution in [0.1, 0.15) is 49.7 Å². The molecule has 0 aromatic heterocycles. The minimum absolute atomic E-state index is 0.292. The molecule has 3 aliphatic rings. The Kier molecular flexibility index (Phi) is 6.14. The van der Waals surface area contributed by atoms with Crippen LogP contribution in [-0.2, 0) is 11.3 Å². The van der Waals surface area contributed by atoms with Crippen molar-refractivity contribution >= 4 is 5.91 Å². The van der Waals surface area contributed by atoms with Crippen LogP contribution in [0.2, 0.25) is 0 Å². The van der Waals surface area contributed by atoms with E-state index in [9.17, 15) is 4.79 Å². The van der Waals surface area contributed by atoms with Crippen LogP contribution in [-0.4, -0.2) is 65.9 Å². The minimum Gasteiger partial charge on any atom is -0.342 e. The van der Waals surface area contributed by atoms with Gasteiger partial charge in [0.2, 0.25) is 5.91 Å². The quantitative estimate of drug-likeness (QED) is 0.815. The third-order valence-electron chi connectivity index (χ3n) is 7.03. The van der Waals surface area contributed by atoms with Crippen molar-refractivity contribution in [1.82, 2.24) is 14.7 Å². The first-order valence-corrected chi connectivity index (χ1v) is 11.0. The van der Waals surface area contributed by atoms with Gasteiger partial charge in [-0.2, -0.15) is 0 Å². The zero-order valence-corrected chi connectivity index (χ0v) is 16.9. The Morgan fingerprint density at radius 3 is 2.26 bits per heavy atom. The molecule has 0 N–H and O–H groups in total. The highest BCUT2D eigenvalue weighted by Crippen LogP contribution is 2.27. The highest BCUT2D eigenvalue weighted by atomic mass is 16.2. The van der Waals surface area contributed by atoms with Crippen molar-refractivity contribution in [2.75, 3.05) is 39.3 Å². The summed E-state index contributed by atoms with van der Waals surface area (Å²) in [6.45, 7) is 9.94. The van der Waals surface area contributed by atoms with E-state index in [2.05, 4.69) is 45.9 Å². The molecule has 0 saturated carbocycles. The van der Waals surface area contributed by atoms with E-state index in [0.29, 0.717) is 11.8 Å². The number of piperidine rings is 2. The highest BCUT2D eigenvalue weighted by molar-refractivity contribution is 5.79. The van der Waals surface area contributed by atoms with E-state index in [4.69, 9.17) is 0 Å². The van der Waals surface area contributed by atoms with Gasteiger partial charge in [-0.05, 0) is 82.8 Å². The monoisotopic (exact) mass is 369 g/mol. The van der Waals surface area contributed by atoms with Crippen molar-refractivity contribution in [3.05, 3.63) is 35.4 Å². The molecule has 4 heteroatoms. The topological polar surface area (TPSA) is 26.8 Å². The van der Waals surface area contributed by atoms with Crippen molar-refractivity contribution in [3.8, 4) is 0 Å². The summed E-state index contributed by atoms with van der Waals surface area (Å²) in [6.07, 6.45) is 7.09. The first-order valence-electron chi connectivity index (χ1n) is 11.0. The molecule has 0 spiro atoms. The lowest BCUT2D eigenvalue weighted by Gasteiger charge is -2.42. The number of benzene rings is 1. The Morgan fingerprint density at radius 2 is 1.59 bits per heavy atom. The van der Waals surface area contributed by atoms with E-state index in [1.54, 1.807) is 0 Å². The van der Waals surface area contributed by atoms with Crippen LogP contribution in [0, 0.1) is 12.8 Å². The predicted octanol–water partition coefficient (Wildman–Crippen LogP) is 3.29. The Morgan fingerprint density at radius 1 is 0.926 bits per heavy atom. The summed E-state index contributed by atoms with van der Waals surface area (Å²) < 4.78 is 0. The fourth-order valence-corrected chi connectivity index (χ4v) is 5.18. The SMILES string of the molecule is Cc1ccccc1CN1CCC(N2CCC(C(=O)N3CCCC3)CC2)CC1. The maximum atomic E-state index is 12.6. The highest BCUT2D eigenvalue weighted by Gasteiger charge is 2.33. The summed E-state index contributed by atoms with van der Waals surface area (Å²) in [6, 6.07) is 9.49.